The third-order valence-corrected chi connectivity index (χ3v) is 6.66. The summed E-state index contributed by atoms with van der Waals surface area (Å²) in [6, 6.07) is 16.8. The number of anilines is 1. The minimum atomic E-state index is -1.24. The molecule has 1 heterocycles. The van der Waals surface area contributed by atoms with Crippen molar-refractivity contribution in [2.75, 3.05) is 19.1 Å². The van der Waals surface area contributed by atoms with Crippen molar-refractivity contribution in [2.45, 2.75) is 45.3 Å². The van der Waals surface area contributed by atoms with Crippen LogP contribution >= 0.6 is 0 Å². The minimum Gasteiger partial charge on any atom is -0.493 e. The van der Waals surface area contributed by atoms with Gasteiger partial charge in [0.1, 0.15) is 23.9 Å². The van der Waals surface area contributed by atoms with Crippen LogP contribution in [0, 0.1) is 5.82 Å². The van der Waals surface area contributed by atoms with E-state index in [0.29, 0.717) is 34.5 Å². The maximum atomic E-state index is 15.3. The maximum Gasteiger partial charge on any atom is 0.249 e. The van der Waals surface area contributed by atoms with E-state index in [1.165, 1.54) is 42.0 Å². The molecule has 0 saturated carbocycles. The molecule has 4 aromatic rings. The van der Waals surface area contributed by atoms with Gasteiger partial charge >= 0.3 is 0 Å². The smallest absolute Gasteiger partial charge is 0.249 e. The zero-order chi connectivity index (χ0) is 28.2. The Hall–Kier alpha value is -4.47. The fourth-order valence-corrected chi connectivity index (χ4v) is 4.23. The van der Waals surface area contributed by atoms with Gasteiger partial charge in [0, 0.05) is 5.54 Å². The lowest BCUT2D eigenvalue weighted by Gasteiger charge is -2.35. The van der Waals surface area contributed by atoms with Crippen LogP contribution < -0.4 is 19.7 Å². The van der Waals surface area contributed by atoms with Crippen LogP contribution in [0.3, 0.4) is 0 Å². The summed E-state index contributed by atoms with van der Waals surface area (Å²) in [7, 11) is 2.98. The van der Waals surface area contributed by atoms with Crippen molar-refractivity contribution in [1.29, 1.82) is 0 Å². The number of rotatable bonds is 10. The maximum absolute atomic E-state index is 15.3. The monoisotopic (exact) mass is 533 g/mol. The van der Waals surface area contributed by atoms with Gasteiger partial charge in [-0.15, -0.1) is 5.10 Å². The standard InChI is InChI=1S/C29H32FN5O4/c1-6-29(2,3)31-28(37)27(19-15-16-24(38-4)25(17-19)39-5)35(22-13-9-7-11-20(22)30)26(36)18-34-23-14-10-8-12-21(23)32-33-34/h7-17,27H,6,18H2,1-5H3,(H,31,37)/t27-/m0/s1. The van der Waals surface area contributed by atoms with E-state index in [1.807, 2.05) is 32.9 Å². The number of benzene rings is 3. The first-order valence-electron chi connectivity index (χ1n) is 12.6. The molecular formula is C29H32FN5O4. The van der Waals surface area contributed by atoms with E-state index < -0.39 is 29.2 Å². The predicted octanol–water partition coefficient (Wildman–Crippen LogP) is 4.67. The number of nitrogens with one attached hydrogen (secondary N) is 1. The quantitative estimate of drug-likeness (QED) is 0.318. The highest BCUT2D eigenvalue weighted by molar-refractivity contribution is 6.02. The zero-order valence-electron chi connectivity index (χ0n) is 22.6. The lowest BCUT2D eigenvalue weighted by molar-refractivity contribution is -0.128. The van der Waals surface area contributed by atoms with E-state index in [4.69, 9.17) is 9.47 Å². The molecule has 4 rings (SSSR count). The molecule has 9 nitrogen and oxygen atoms in total. The molecule has 0 aliphatic carbocycles. The van der Waals surface area contributed by atoms with Crippen molar-refractivity contribution < 1.29 is 23.5 Å². The van der Waals surface area contributed by atoms with Crippen molar-refractivity contribution in [2.24, 2.45) is 0 Å². The van der Waals surface area contributed by atoms with Crippen LogP contribution in [0.1, 0.15) is 38.8 Å². The summed E-state index contributed by atoms with van der Waals surface area (Å²) in [5, 5.41) is 11.3. The lowest BCUT2D eigenvalue weighted by Crippen LogP contribution is -2.51. The molecule has 0 bridgehead atoms. The number of carbonyl (C=O) groups excluding carboxylic acids is 2. The van der Waals surface area contributed by atoms with E-state index in [1.54, 1.807) is 36.4 Å². The van der Waals surface area contributed by atoms with Crippen LogP contribution in [0.25, 0.3) is 11.0 Å². The summed E-state index contributed by atoms with van der Waals surface area (Å²) in [5.74, 6) is -0.866. The van der Waals surface area contributed by atoms with Gasteiger partial charge in [0.25, 0.3) is 0 Å². The molecular weight excluding hydrogens is 501 g/mol. The van der Waals surface area contributed by atoms with Gasteiger partial charge in [0.05, 0.1) is 25.4 Å². The molecule has 39 heavy (non-hydrogen) atoms. The lowest BCUT2D eigenvalue weighted by atomic mass is 9.97. The van der Waals surface area contributed by atoms with Gasteiger partial charge in [-0.05, 0) is 62.2 Å². The summed E-state index contributed by atoms with van der Waals surface area (Å²) in [6.07, 6.45) is 0.635. The molecule has 1 atom stereocenters. The predicted molar refractivity (Wildman–Crippen MR) is 146 cm³/mol. The molecule has 1 aromatic heterocycles. The van der Waals surface area contributed by atoms with Gasteiger partial charge in [0.15, 0.2) is 11.5 Å². The van der Waals surface area contributed by atoms with E-state index >= 15 is 4.39 Å². The zero-order valence-corrected chi connectivity index (χ0v) is 22.6. The van der Waals surface area contributed by atoms with Crippen LogP contribution in [-0.4, -0.2) is 46.6 Å². The number of hydrogen-bond donors (Lipinski definition) is 1. The molecule has 3 aromatic carbocycles. The highest BCUT2D eigenvalue weighted by Crippen LogP contribution is 2.36. The van der Waals surface area contributed by atoms with Crippen LogP contribution in [-0.2, 0) is 16.1 Å². The van der Waals surface area contributed by atoms with Crippen molar-refractivity contribution in [3.05, 3.63) is 78.1 Å². The molecule has 2 amide bonds. The fourth-order valence-electron chi connectivity index (χ4n) is 4.23. The average molecular weight is 534 g/mol. The SMILES string of the molecule is CCC(C)(C)NC(=O)[C@H](c1ccc(OC)c(OC)c1)N(C(=O)Cn1nnc2ccccc21)c1ccccc1F. The van der Waals surface area contributed by atoms with Crippen LogP contribution in [0.5, 0.6) is 11.5 Å². The summed E-state index contributed by atoms with van der Waals surface area (Å²) in [6.45, 7) is 5.44. The van der Waals surface area contributed by atoms with Crippen molar-refractivity contribution in [3.63, 3.8) is 0 Å². The van der Waals surface area contributed by atoms with Gasteiger partial charge in [0.2, 0.25) is 11.8 Å². The Morgan fingerprint density at radius 2 is 1.72 bits per heavy atom. The molecule has 0 aliphatic heterocycles. The van der Waals surface area contributed by atoms with Crippen LogP contribution in [0.2, 0.25) is 0 Å². The van der Waals surface area contributed by atoms with E-state index in [-0.39, 0.29) is 12.2 Å². The summed E-state index contributed by atoms with van der Waals surface area (Å²) >= 11 is 0. The highest BCUT2D eigenvalue weighted by atomic mass is 19.1. The van der Waals surface area contributed by atoms with Gasteiger partial charge < -0.3 is 14.8 Å². The number of carbonyl (C=O) groups is 2. The number of nitrogens with zero attached hydrogens (tertiary/aromatic N) is 4. The molecule has 0 spiro atoms. The Morgan fingerprint density at radius 1 is 1.03 bits per heavy atom. The second kappa shape index (κ2) is 11.5. The van der Waals surface area contributed by atoms with Gasteiger partial charge in [-0.2, -0.15) is 0 Å². The third kappa shape index (κ3) is 5.84. The van der Waals surface area contributed by atoms with Crippen molar-refractivity contribution in [1.82, 2.24) is 20.3 Å². The molecule has 0 radical (unpaired) electrons. The number of halogens is 1. The number of fused-ring (bicyclic) bond motifs is 1. The van der Waals surface area contributed by atoms with E-state index in [0.717, 1.165) is 0 Å². The summed E-state index contributed by atoms with van der Waals surface area (Å²) in [5.41, 5.74) is 1.03. The number of para-hydroxylation sites is 2. The van der Waals surface area contributed by atoms with Gasteiger partial charge in [-0.1, -0.05) is 42.5 Å². The molecule has 0 saturated heterocycles. The number of aromatic nitrogens is 3. The van der Waals surface area contributed by atoms with E-state index in [2.05, 4.69) is 15.6 Å². The Labute approximate surface area is 226 Å². The fraction of sp³-hybridized carbons (Fsp3) is 0.310. The largest absolute Gasteiger partial charge is 0.493 e. The average Bonchev–Trinajstić information content (AvgIpc) is 3.34. The Kier molecular flexibility index (Phi) is 8.13. The normalized spacial score (nSPS) is 12.2. The Bertz CT molecular complexity index is 1490. The second-order valence-electron chi connectivity index (χ2n) is 9.69. The first kappa shape index (κ1) is 27.6. The third-order valence-electron chi connectivity index (χ3n) is 6.66. The molecule has 0 fully saturated rings. The second-order valence-corrected chi connectivity index (χ2v) is 9.69. The van der Waals surface area contributed by atoms with Crippen LogP contribution in [0.4, 0.5) is 10.1 Å². The number of amides is 2. The van der Waals surface area contributed by atoms with Gasteiger partial charge in [-0.25, -0.2) is 9.07 Å². The van der Waals surface area contributed by atoms with Gasteiger partial charge in [-0.3, -0.25) is 14.5 Å². The number of ether oxygens (including phenoxy) is 2. The van der Waals surface area contributed by atoms with E-state index in [9.17, 15) is 9.59 Å². The van der Waals surface area contributed by atoms with Crippen molar-refractivity contribution in [3.8, 4) is 11.5 Å². The first-order valence-corrected chi connectivity index (χ1v) is 12.6. The molecule has 1 N–H and O–H groups in total. The topological polar surface area (TPSA) is 98.6 Å². The Morgan fingerprint density at radius 3 is 2.41 bits per heavy atom. The number of methoxy groups -OCH3 is 2. The minimum absolute atomic E-state index is 0.0452. The van der Waals surface area contributed by atoms with Crippen LogP contribution in [0.15, 0.2) is 66.7 Å². The van der Waals surface area contributed by atoms with Crippen molar-refractivity contribution >= 4 is 28.5 Å². The molecule has 204 valence electrons. The summed E-state index contributed by atoms with van der Waals surface area (Å²) in [4.78, 5) is 29.2. The molecule has 0 unspecified atom stereocenters. The molecule has 10 heteroatoms. The Balaban J connectivity index is 1.88. The first-order chi connectivity index (χ1) is 18.7. The molecule has 0 aliphatic rings. The highest BCUT2D eigenvalue weighted by Gasteiger charge is 2.37. The summed E-state index contributed by atoms with van der Waals surface area (Å²) < 4.78 is 27.6. The number of hydrogen-bond acceptors (Lipinski definition) is 6.